The van der Waals surface area contributed by atoms with Crippen LogP contribution in [0.25, 0.3) is 0 Å². The molecule has 1 saturated heterocycles. The van der Waals surface area contributed by atoms with Crippen LogP contribution in [0, 0.1) is 17.8 Å². The van der Waals surface area contributed by atoms with E-state index in [4.69, 9.17) is 4.42 Å². The molecule has 0 amide bonds. The SMILES string of the molecule is CN(C)C1CCN(c2ccc(N(C)C(O)c3ccc(C#CC4C=C(F)C=CC4)o3)cc2)C1. The molecule has 5 nitrogen and oxygen atoms in total. The minimum Gasteiger partial charge on any atom is -0.448 e. The molecule has 1 N–H and O–H groups in total. The Kier molecular flexibility index (Phi) is 6.69. The lowest BCUT2D eigenvalue weighted by Gasteiger charge is -2.26. The molecule has 1 aromatic heterocycles. The number of nitrogens with zero attached hydrogens (tertiary/aromatic N) is 3. The van der Waals surface area contributed by atoms with Crippen molar-refractivity contribution >= 4 is 11.4 Å². The van der Waals surface area contributed by atoms with Gasteiger partial charge in [0.05, 0.1) is 0 Å². The maximum Gasteiger partial charge on any atom is 0.186 e. The number of aliphatic hydroxyl groups is 1. The quantitative estimate of drug-likeness (QED) is 0.560. The lowest BCUT2D eigenvalue weighted by atomic mass is 10.0. The molecule has 168 valence electrons. The van der Waals surface area contributed by atoms with Gasteiger partial charge in [-0.1, -0.05) is 12.0 Å². The van der Waals surface area contributed by atoms with E-state index in [2.05, 4.69) is 47.9 Å². The van der Waals surface area contributed by atoms with E-state index in [1.807, 2.05) is 19.2 Å². The van der Waals surface area contributed by atoms with Crippen LogP contribution in [0.5, 0.6) is 0 Å². The van der Waals surface area contributed by atoms with Crippen molar-refractivity contribution in [2.45, 2.75) is 25.1 Å². The topological polar surface area (TPSA) is 43.1 Å². The summed E-state index contributed by atoms with van der Waals surface area (Å²) < 4.78 is 19.1. The Labute approximate surface area is 189 Å². The number of hydrogen-bond acceptors (Lipinski definition) is 5. The number of allylic oxidation sites excluding steroid dienone is 4. The number of rotatable bonds is 5. The van der Waals surface area contributed by atoms with Crippen LogP contribution in [-0.2, 0) is 0 Å². The molecule has 6 heteroatoms. The Morgan fingerprint density at radius 1 is 1.16 bits per heavy atom. The first-order valence-corrected chi connectivity index (χ1v) is 11.0. The molecule has 0 spiro atoms. The van der Waals surface area contributed by atoms with Gasteiger partial charge in [-0.25, -0.2) is 4.39 Å². The average molecular weight is 436 g/mol. The fourth-order valence-corrected chi connectivity index (χ4v) is 4.09. The third kappa shape index (κ3) is 5.07. The van der Waals surface area contributed by atoms with Crippen LogP contribution in [0.1, 0.15) is 30.6 Å². The third-order valence-electron chi connectivity index (χ3n) is 6.17. The van der Waals surface area contributed by atoms with Crippen LogP contribution in [0.15, 0.2) is 64.9 Å². The van der Waals surface area contributed by atoms with Crippen LogP contribution in [0.2, 0.25) is 0 Å². The summed E-state index contributed by atoms with van der Waals surface area (Å²) in [6.07, 6.45) is 5.65. The average Bonchev–Trinajstić information content (AvgIpc) is 3.47. The first-order valence-electron chi connectivity index (χ1n) is 11.0. The van der Waals surface area contributed by atoms with Crippen molar-refractivity contribution in [1.29, 1.82) is 0 Å². The van der Waals surface area contributed by atoms with Crippen LogP contribution in [0.4, 0.5) is 15.8 Å². The van der Waals surface area contributed by atoms with E-state index in [9.17, 15) is 9.50 Å². The summed E-state index contributed by atoms with van der Waals surface area (Å²) in [5.41, 5.74) is 2.09. The fourth-order valence-electron chi connectivity index (χ4n) is 4.09. The van der Waals surface area contributed by atoms with Crippen LogP contribution in [0.3, 0.4) is 0 Å². The van der Waals surface area contributed by atoms with Gasteiger partial charge in [0.15, 0.2) is 17.7 Å². The molecule has 2 aliphatic rings. The second-order valence-corrected chi connectivity index (χ2v) is 8.62. The molecular formula is C26H30FN3O2. The Morgan fingerprint density at radius 3 is 2.62 bits per heavy atom. The Hall–Kier alpha value is -3.01. The highest BCUT2D eigenvalue weighted by Gasteiger charge is 2.24. The molecule has 3 unspecified atom stereocenters. The molecular weight excluding hydrogens is 405 g/mol. The Balaban J connectivity index is 1.39. The predicted molar refractivity (Wildman–Crippen MR) is 126 cm³/mol. The number of aliphatic hydroxyl groups excluding tert-OH is 1. The van der Waals surface area contributed by atoms with E-state index < -0.39 is 6.23 Å². The number of halogens is 1. The molecule has 2 heterocycles. The maximum atomic E-state index is 13.3. The van der Waals surface area contributed by atoms with Gasteiger partial charge in [-0.2, -0.15) is 0 Å². The summed E-state index contributed by atoms with van der Waals surface area (Å²) >= 11 is 0. The lowest BCUT2D eigenvalue weighted by Crippen LogP contribution is -2.31. The van der Waals surface area contributed by atoms with E-state index in [-0.39, 0.29) is 11.7 Å². The van der Waals surface area contributed by atoms with Gasteiger partial charge in [-0.3, -0.25) is 0 Å². The molecule has 2 aromatic rings. The van der Waals surface area contributed by atoms with Gasteiger partial charge < -0.3 is 24.2 Å². The van der Waals surface area contributed by atoms with Gasteiger partial charge >= 0.3 is 0 Å². The number of hydrogen-bond donors (Lipinski definition) is 1. The van der Waals surface area contributed by atoms with Crippen LogP contribution < -0.4 is 9.80 Å². The van der Waals surface area contributed by atoms with E-state index in [1.54, 1.807) is 23.1 Å². The monoisotopic (exact) mass is 435 g/mol. The number of furan rings is 1. The molecule has 0 bridgehead atoms. The first kappa shape index (κ1) is 22.2. The van der Waals surface area contributed by atoms with Gasteiger partial charge in [0, 0.05) is 43.5 Å². The zero-order valence-corrected chi connectivity index (χ0v) is 18.8. The molecule has 1 aromatic carbocycles. The fraction of sp³-hybridized carbons (Fsp3) is 0.385. The van der Waals surface area contributed by atoms with Crippen molar-refractivity contribution < 1.29 is 13.9 Å². The van der Waals surface area contributed by atoms with Crippen molar-refractivity contribution in [3.8, 4) is 11.8 Å². The predicted octanol–water partition coefficient (Wildman–Crippen LogP) is 4.33. The Bertz CT molecular complexity index is 1050. The normalized spacial score (nSPS) is 21.3. The minimum atomic E-state index is -0.934. The summed E-state index contributed by atoms with van der Waals surface area (Å²) in [7, 11) is 6.08. The van der Waals surface area contributed by atoms with E-state index in [0.29, 0.717) is 24.0 Å². The van der Waals surface area contributed by atoms with Crippen molar-refractivity contribution in [1.82, 2.24) is 4.90 Å². The highest BCUT2D eigenvalue weighted by molar-refractivity contribution is 5.57. The highest BCUT2D eigenvalue weighted by atomic mass is 19.1. The summed E-state index contributed by atoms with van der Waals surface area (Å²) in [6, 6.07) is 12.3. The smallest absolute Gasteiger partial charge is 0.186 e. The van der Waals surface area contributed by atoms with Crippen molar-refractivity contribution in [3.63, 3.8) is 0 Å². The van der Waals surface area contributed by atoms with Crippen LogP contribution in [-0.4, -0.2) is 50.3 Å². The maximum absolute atomic E-state index is 13.3. The molecule has 3 atom stereocenters. The standard InChI is InChI=1S/C26H30FN3O2/c1-28(2)23-15-16-30(18-23)22-10-8-21(9-11-22)29(3)26(31)25-14-13-24(32-25)12-7-19-5-4-6-20(27)17-19/h4,6,8-11,13-14,17,19,23,26,31H,5,15-16,18H2,1-3H3. The van der Waals surface area contributed by atoms with Crippen molar-refractivity contribution in [3.05, 3.63) is 72.0 Å². The molecule has 0 saturated carbocycles. The summed E-state index contributed by atoms with van der Waals surface area (Å²) in [5.74, 6) is 6.39. The summed E-state index contributed by atoms with van der Waals surface area (Å²) in [5, 5.41) is 10.8. The molecule has 0 radical (unpaired) electrons. The number of benzene rings is 1. The second kappa shape index (κ2) is 9.64. The highest BCUT2D eigenvalue weighted by Crippen LogP contribution is 2.29. The van der Waals surface area contributed by atoms with Crippen molar-refractivity contribution in [2.24, 2.45) is 5.92 Å². The van der Waals surface area contributed by atoms with Gasteiger partial charge in [0.2, 0.25) is 0 Å². The first-order chi connectivity index (χ1) is 15.4. The van der Waals surface area contributed by atoms with Gasteiger partial charge in [0.1, 0.15) is 5.83 Å². The molecule has 1 aliphatic carbocycles. The summed E-state index contributed by atoms with van der Waals surface area (Å²) in [4.78, 5) is 6.43. The zero-order chi connectivity index (χ0) is 22.7. The zero-order valence-electron chi connectivity index (χ0n) is 18.8. The Morgan fingerprint density at radius 2 is 1.94 bits per heavy atom. The van der Waals surface area contributed by atoms with E-state index in [1.165, 1.54) is 24.3 Å². The number of likely N-dealkylation sites (N-methyl/N-ethyl adjacent to an activating group) is 1. The van der Waals surface area contributed by atoms with E-state index >= 15 is 0 Å². The largest absolute Gasteiger partial charge is 0.448 e. The molecule has 1 aliphatic heterocycles. The van der Waals surface area contributed by atoms with Gasteiger partial charge in [0.25, 0.3) is 0 Å². The number of anilines is 2. The molecule has 32 heavy (non-hydrogen) atoms. The van der Waals surface area contributed by atoms with Gasteiger partial charge in [-0.05, 0) is 81.4 Å². The molecule has 4 rings (SSSR count). The second-order valence-electron chi connectivity index (χ2n) is 8.62. The third-order valence-corrected chi connectivity index (χ3v) is 6.17. The van der Waals surface area contributed by atoms with Crippen molar-refractivity contribution in [2.75, 3.05) is 44.0 Å². The van der Waals surface area contributed by atoms with Crippen LogP contribution >= 0.6 is 0 Å². The van der Waals surface area contributed by atoms with Gasteiger partial charge in [-0.15, -0.1) is 0 Å². The summed E-state index contributed by atoms with van der Waals surface area (Å²) in [6.45, 7) is 2.08. The minimum absolute atomic E-state index is 0.164. The van der Waals surface area contributed by atoms with E-state index in [0.717, 1.165) is 18.8 Å². The lowest BCUT2D eigenvalue weighted by molar-refractivity contribution is 0.150. The molecule has 1 fully saturated rings.